The zero-order valence-electron chi connectivity index (χ0n) is 11.0. The SMILES string of the molecule is CCC(Nc1ccnc2cc(Cl)ccc12)c1nccs1. The van der Waals surface area contributed by atoms with E-state index in [0.717, 1.165) is 28.0 Å². The van der Waals surface area contributed by atoms with E-state index in [2.05, 4.69) is 22.2 Å². The molecule has 3 aromatic rings. The Morgan fingerprint density at radius 3 is 2.90 bits per heavy atom. The Morgan fingerprint density at radius 1 is 1.25 bits per heavy atom. The number of hydrogen-bond donors (Lipinski definition) is 1. The van der Waals surface area contributed by atoms with Crippen molar-refractivity contribution in [2.45, 2.75) is 19.4 Å². The number of halogens is 1. The Labute approximate surface area is 126 Å². The second-order valence-electron chi connectivity index (χ2n) is 4.50. The van der Waals surface area contributed by atoms with Crippen LogP contribution in [0.1, 0.15) is 24.4 Å². The van der Waals surface area contributed by atoms with Gasteiger partial charge in [0.05, 0.1) is 11.6 Å². The number of benzene rings is 1. The highest BCUT2D eigenvalue weighted by Crippen LogP contribution is 2.29. The Kier molecular flexibility index (Phi) is 3.85. The van der Waals surface area contributed by atoms with Crippen LogP contribution in [0.2, 0.25) is 5.02 Å². The number of pyridine rings is 1. The number of hydrogen-bond acceptors (Lipinski definition) is 4. The van der Waals surface area contributed by atoms with E-state index in [1.54, 1.807) is 17.5 Å². The minimum absolute atomic E-state index is 0.219. The van der Waals surface area contributed by atoms with Crippen LogP contribution in [0.15, 0.2) is 42.0 Å². The van der Waals surface area contributed by atoms with E-state index in [1.807, 2.05) is 35.8 Å². The maximum absolute atomic E-state index is 6.02. The third kappa shape index (κ3) is 2.62. The van der Waals surface area contributed by atoms with Gasteiger partial charge in [-0.05, 0) is 30.7 Å². The van der Waals surface area contributed by atoms with Crippen LogP contribution in [-0.4, -0.2) is 9.97 Å². The minimum Gasteiger partial charge on any atom is -0.375 e. The summed E-state index contributed by atoms with van der Waals surface area (Å²) in [6.45, 7) is 2.15. The normalized spacial score (nSPS) is 12.5. The highest BCUT2D eigenvalue weighted by Gasteiger charge is 2.13. The number of thiazole rings is 1. The molecule has 1 unspecified atom stereocenters. The van der Waals surface area contributed by atoms with E-state index in [-0.39, 0.29) is 6.04 Å². The quantitative estimate of drug-likeness (QED) is 0.744. The minimum atomic E-state index is 0.219. The number of rotatable bonds is 4. The summed E-state index contributed by atoms with van der Waals surface area (Å²) >= 11 is 7.69. The van der Waals surface area contributed by atoms with Gasteiger partial charge in [0.25, 0.3) is 0 Å². The molecule has 0 aliphatic heterocycles. The van der Waals surface area contributed by atoms with Gasteiger partial charge in [-0.15, -0.1) is 11.3 Å². The van der Waals surface area contributed by atoms with Gasteiger partial charge in [0.15, 0.2) is 0 Å². The number of nitrogens with zero attached hydrogens (tertiary/aromatic N) is 2. The van der Waals surface area contributed by atoms with Gasteiger partial charge in [0, 0.05) is 33.9 Å². The van der Waals surface area contributed by atoms with E-state index in [0.29, 0.717) is 5.02 Å². The van der Waals surface area contributed by atoms with Gasteiger partial charge >= 0.3 is 0 Å². The van der Waals surface area contributed by atoms with Crippen LogP contribution in [0.25, 0.3) is 10.9 Å². The van der Waals surface area contributed by atoms with E-state index >= 15 is 0 Å². The first kappa shape index (κ1) is 13.3. The third-order valence-electron chi connectivity index (χ3n) is 3.19. The van der Waals surface area contributed by atoms with Crippen LogP contribution in [-0.2, 0) is 0 Å². The summed E-state index contributed by atoms with van der Waals surface area (Å²) in [6, 6.07) is 7.98. The van der Waals surface area contributed by atoms with Crippen molar-refractivity contribution in [2.75, 3.05) is 5.32 Å². The Bertz CT molecular complexity index is 712. The zero-order chi connectivity index (χ0) is 13.9. The van der Waals surface area contributed by atoms with Gasteiger partial charge in [-0.2, -0.15) is 0 Å². The van der Waals surface area contributed by atoms with Gasteiger partial charge < -0.3 is 5.32 Å². The van der Waals surface area contributed by atoms with E-state index in [9.17, 15) is 0 Å². The van der Waals surface area contributed by atoms with Crippen LogP contribution in [0.3, 0.4) is 0 Å². The van der Waals surface area contributed by atoms with Crippen molar-refractivity contribution in [1.82, 2.24) is 9.97 Å². The van der Waals surface area contributed by atoms with Crippen LogP contribution in [0.5, 0.6) is 0 Å². The maximum atomic E-state index is 6.02. The lowest BCUT2D eigenvalue weighted by molar-refractivity contribution is 0.743. The molecule has 2 aromatic heterocycles. The fraction of sp³-hybridized carbons (Fsp3) is 0.200. The molecule has 0 amide bonds. The first-order chi connectivity index (χ1) is 9.78. The molecule has 1 aromatic carbocycles. The molecule has 3 rings (SSSR count). The molecule has 0 bridgehead atoms. The number of fused-ring (bicyclic) bond motifs is 1. The smallest absolute Gasteiger partial charge is 0.115 e. The van der Waals surface area contributed by atoms with Gasteiger partial charge in [-0.3, -0.25) is 4.98 Å². The van der Waals surface area contributed by atoms with E-state index in [4.69, 9.17) is 11.6 Å². The van der Waals surface area contributed by atoms with Crippen LogP contribution in [0.4, 0.5) is 5.69 Å². The molecule has 1 N–H and O–H groups in total. The summed E-state index contributed by atoms with van der Waals surface area (Å²) in [4.78, 5) is 8.76. The van der Waals surface area contributed by atoms with Crippen LogP contribution >= 0.6 is 22.9 Å². The predicted molar refractivity (Wildman–Crippen MR) is 85.5 cm³/mol. The molecule has 102 valence electrons. The summed E-state index contributed by atoms with van der Waals surface area (Å²) in [6.07, 6.45) is 4.62. The molecule has 1 atom stereocenters. The fourth-order valence-electron chi connectivity index (χ4n) is 2.18. The molecule has 0 aliphatic rings. The Balaban J connectivity index is 1.98. The van der Waals surface area contributed by atoms with E-state index < -0.39 is 0 Å². The topological polar surface area (TPSA) is 37.8 Å². The summed E-state index contributed by atoms with van der Waals surface area (Å²) < 4.78 is 0. The van der Waals surface area contributed by atoms with Crippen molar-refractivity contribution in [3.8, 4) is 0 Å². The number of anilines is 1. The fourth-order valence-corrected chi connectivity index (χ4v) is 3.12. The van der Waals surface area contributed by atoms with E-state index in [1.165, 1.54) is 0 Å². The third-order valence-corrected chi connectivity index (χ3v) is 4.32. The highest BCUT2D eigenvalue weighted by molar-refractivity contribution is 7.09. The molecule has 5 heteroatoms. The van der Waals surface area contributed by atoms with Gasteiger partial charge in [0.2, 0.25) is 0 Å². The van der Waals surface area contributed by atoms with Gasteiger partial charge in [-0.25, -0.2) is 4.98 Å². The maximum Gasteiger partial charge on any atom is 0.115 e. The molecule has 0 radical (unpaired) electrons. The summed E-state index contributed by atoms with van der Waals surface area (Å²) in [5, 5.41) is 8.44. The Morgan fingerprint density at radius 2 is 2.15 bits per heavy atom. The lowest BCUT2D eigenvalue weighted by Gasteiger charge is -2.17. The molecule has 0 fully saturated rings. The predicted octanol–water partition coefficient (Wildman–Crippen LogP) is 4.91. The molecule has 20 heavy (non-hydrogen) atoms. The molecular formula is C15H14ClN3S. The monoisotopic (exact) mass is 303 g/mol. The lowest BCUT2D eigenvalue weighted by Crippen LogP contribution is -2.09. The molecule has 0 spiro atoms. The zero-order valence-corrected chi connectivity index (χ0v) is 12.6. The summed E-state index contributed by atoms with van der Waals surface area (Å²) in [5.74, 6) is 0. The highest BCUT2D eigenvalue weighted by atomic mass is 35.5. The summed E-state index contributed by atoms with van der Waals surface area (Å²) in [7, 11) is 0. The van der Waals surface area contributed by atoms with Crippen molar-refractivity contribution in [2.24, 2.45) is 0 Å². The average molecular weight is 304 g/mol. The number of nitrogens with one attached hydrogen (secondary N) is 1. The largest absolute Gasteiger partial charge is 0.375 e. The van der Waals surface area contributed by atoms with Crippen LogP contribution in [0, 0.1) is 0 Å². The van der Waals surface area contributed by atoms with Crippen molar-refractivity contribution in [3.63, 3.8) is 0 Å². The van der Waals surface area contributed by atoms with Gasteiger partial charge in [0.1, 0.15) is 5.01 Å². The van der Waals surface area contributed by atoms with Crippen LogP contribution < -0.4 is 5.32 Å². The second-order valence-corrected chi connectivity index (χ2v) is 5.86. The average Bonchev–Trinajstić information content (AvgIpc) is 2.98. The standard InChI is InChI=1S/C15H14ClN3S/c1-2-12(15-18-7-8-20-15)19-13-5-6-17-14-9-10(16)3-4-11(13)14/h3-9,12H,2H2,1H3,(H,17,19). The molecular weight excluding hydrogens is 290 g/mol. The van der Waals surface area contributed by atoms with Crippen molar-refractivity contribution >= 4 is 39.5 Å². The van der Waals surface area contributed by atoms with Crippen molar-refractivity contribution in [1.29, 1.82) is 0 Å². The second kappa shape index (κ2) is 5.77. The molecule has 0 aliphatic carbocycles. The Hall–Kier alpha value is -1.65. The molecule has 0 saturated heterocycles. The molecule has 3 nitrogen and oxygen atoms in total. The first-order valence-electron chi connectivity index (χ1n) is 6.48. The first-order valence-corrected chi connectivity index (χ1v) is 7.74. The summed E-state index contributed by atoms with van der Waals surface area (Å²) in [5.41, 5.74) is 1.96. The molecule has 0 saturated carbocycles. The number of aromatic nitrogens is 2. The van der Waals surface area contributed by atoms with Gasteiger partial charge in [-0.1, -0.05) is 18.5 Å². The van der Waals surface area contributed by atoms with Crippen molar-refractivity contribution in [3.05, 3.63) is 52.1 Å². The lowest BCUT2D eigenvalue weighted by atomic mass is 10.1. The van der Waals surface area contributed by atoms with Crippen molar-refractivity contribution < 1.29 is 0 Å². The molecule has 2 heterocycles.